The number of benzene rings is 2. The van der Waals surface area contributed by atoms with Gasteiger partial charge in [0, 0.05) is 16.8 Å². The van der Waals surface area contributed by atoms with Crippen LogP contribution in [0.15, 0.2) is 40.8 Å². The third-order valence-corrected chi connectivity index (χ3v) is 5.97. The SMILES string of the molecule is COc1cc2c(cc1NC(=O)CN1C(=O)N[C@](C)(C3CC3)C1=O)oc1ccccc12. The third kappa shape index (κ3) is 2.79. The maximum atomic E-state index is 12.7. The Morgan fingerprint density at radius 3 is 2.73 bits per heavy atom. The Balaban J connectivity index is 1.40. The molecule has 4 amide bonds. The number of fused-ring (bicyclic) bond motifs is 3. The summed E-state index contributed by atoms with van der Waals surface area (Å²) in [5, 5.41) is 7.30. The van der Waals surface area contributed by atoms with Gasteiger partial charge in [0.1, 0.15) is 29.0 Å². The number of nitrogens with zero attached hydrogens (tertiary/aromatic N) is 1. The fraction of sp³-hybridized carbons (Fsp3) is 0.318. The van der Waals surface area contributed by atoms with Gasteiger partial charge in [-0.15, -0.1) is 0 Å². The van der Waals surface area contributed by atoms with E-state index in [-0.39, 0.29) is 18.4 Å². The van der Waals surface area contributed by atoms with Gasteiger partial charge < -0.3 is 19.8 Å². The molecule has 2 aromatic carbocycles. The molecule has 0 spiro atoms. The zero-order valence-electron chi connectivity index (χ0n) is 16.7. The molecule has 0 unspecified atom stereocenters. The molecule has 1 saturated carbocycles. The number of methoxy groups -OCH3 is 1. The number of furan rings is 1. The lowest BCUT2D eigenvalue weighted by molar-refractivity contribution is -0.134. The van der Waals surface area contributed by atoms with Gasteiger partial charge in [0.15, 0.2) is 0 Å². The minimum atomic E-state index is -0.914. The van der Waals surface area contributed by atoms with E-state index in [9.17, 15) is 14.4 Å². The van der Waals surface area contributed by atoms with Crippen molar-refractivity contribution in [2.75, 3.05) is 19.0 Å². The van der Waals surface area contributed by atoms with E-state index in [0.29, 0.717) is 17.0 Å². The van der Waals surface area contributed by atoms with E-state index < -0.39 is 17.5 Å². The Kier molecular flexibility index (Phi) is 3.99. The number of carbonyl (C=O) groups is 3. The molecule has 5 rings (SSSR count). The normalized spacial score (nSPS) is 21.3. The second-order valence-corrected chi connectivity index (χ2v) is 7.99. The maximum Gasteiger partial charge on any atom is 0.325 e. The molecule has 1 saturated heterocycles. The molecule has 1 aliphatic heterocycles. The Bertz CT molecular complexity index is 1210. The number of imide groups is 1. The second kappa shape index (κ2) is 6.48. The Labute approximate surface area is 172 Å². The summed E-state index contributed by atoms with van der Waals surface area (Å²) in [6.45, 7) is 1.36. The fourth-order valence-corrected chi connectivity index (χ4v) is 4.15. The van der Waals surface area contributed by atoms with Crippen LogP contribution < -0.4 is 15.4 Å². The number of nitrogens with one attached hydrogen (secondary N) is 2. The van der Waals surface area contributed by atoms with Crippen LogP contribution in [-0.2, 0) is 9.59 Å². The summed E-state index contributed by atoms with van der Waals surface area (Å²) in [5.74, 6) is -0.253. The summed E-state index contributed by atoms with van der Waals surface area (Å²) in [6.07, 6.45) is 1.80. The smallest absolute Gasteiger partial charge is 0.325 e. The maximum absolute atomic E-state index is 12.7. The van der Waals surface area contributed by atoms with Crippen molar-refractivity contribution in [3.8, 4) is 5.75 Å². The largest absolute Gasteiger partial charge is 0.495 e. The average molecular weight is 407 g/mol. The van der Waals surface area contributed by atoms with Crippen LogP contribution in [0.3, 0.4) is 0 Å². The van der Waals surface area contributed by atoms with Crippen molar-refractivity contribution in [1.29, 1.82) is 0 Å². The standard InChI is InChI=1S/C22H21N3O5/c1-22(12-7-8-12)20(27)25(21(28)24-22)11-19(26)23-15-10-17-14(9-18(15)29-2)13-5-3-4-6-16(13)30-17/h3-6,9-10,12H,7-8,11H2,1-2H3,(H,23,26)(H,24,28)/t22-/m1/s1. The number of amides is 4. The van der Waals surface area contributed by atoms with E-state index in [1.807, 2.05) is 24.3 Å². The van der Waals surface area contributed by atoms with Gasteiger partial charge in [0.05, 0.1) is 12.8 Å². The summed E-state index contributed by atoms with van der Waals surface area (Å²) in [4.78, 5) is 38.7. The molecule has 2 fully saturated rings. The van der Waals surface area contributed by atoms with Gasteiger partial charge in [-0.1, -0.05) is 18.2 Å². The zero-order valence-corrected chi connectivity index (χ0v) is 16.7. The van der Waals surface area contributed by atoms with Gasteiger partial charge in [-0.3, -0.25) is 14.5 Å². The van der Waals surface area contributed by atoms with Crippen molar-refractivity contribution in [3.05, 3.63) is 36.4 Å². The molecule has 0 bridgehead atoms. The van der Waals surface area contributed by atoms with E-state index in [2.05, 4.69) is 10.6 Å². The summed E-state index contributed by atoms with van der Waals surface area (Å²) >= 11 is 0. The second-order valence-electron chi connectivity index (χ2n) is 7.99. The highest BCUT2D eigenvalue weighted by Crippen LogP contribution is 2.42. The van der Waals surface area contributed by atoms with Gasteiger partial charge in [-0.05, 0) is 37.8 Å². The van der Waals surface area contributed by atoms with E-state index in [0.717, 1.165) is 34.1 Å². The first-order valence-electron chi connectivity index (χ1n) is 9.84. The highest BCUT2D eigenvalue weighted by molar-refractivity contribution is 6.11. The third-order valence-electron chi connectivity index (χ3n) is 5.97. The lowest BCUT2D eigenvalue weighted by atomic mass is 9.96. The van der Waals surface area contributed by atoms with Crippen LogP contribution in [0.1, 0.15) is 19.8 Å². The number of urea groups is 1. The predicted molar refractivity (Wildman–Crippen MR) is 110 cm³/mol. The molecular formula is C22H21N3O5. The first-order chi connectivity index (χ1) is 14.4. The van der Waals surface area contributed by atoms with Crippen molar-refractivity contribution in [3.63, 3.8) is 0 Å². The average Bonchev–Trinajstić information content (AvgIpc) is 3.49. The number of hydrogen-bond acceptors (Lipinski definition) is 5. The number of para-hydroxylation sites is 1. The lowest BCUT2D eigenvalue weighted by Crippen LogP contribution is -2.46. The quantitative estimate of drug-likeness (QED) is 0.633. The number of rotatable bonds is 5. The van der Waals surface area contributed by atoms with Crippen LogP contribution in [-0.4, -0.2) is 41.9 Å². The lowest BCUT2D eigenvalue weighted by Gasteiger charge is -2.20. The molecule has 2 N–H and O–H groups in total. The molecule has 1 atom stereocenters. The number of hydrogen-bond donors (Lipinski definition) is 2. The van der Waals surface area contributed by atoms with Crippen LogP contribution in [0.2, 0.25) is 0 Å². The molecule has 3 aromatic rings. The minimum Gasteiger partial charge on any atom is -0.495 e. The first-order valence-corrected chi connectivity index (χ1v) is 9.84. The molecule has 1 aliphatic carbocycles. The Hall–Kier alpha value is -3.55. The highest BCUT2D eigenvalue weighted by Gasteiger charge is 2.56. The van der Waals surface area contributed by atoms with Crippen LogP contribution in [0.4, 0.5) is 10.5 Å². The van der Waals surface area contributed by atoms with Crippen molar-refractivity contribution in [2.45, 2.75) is 25.3 Å². The van der Waals surface area contributed by atoms with Crippen molar-refractivity contribution in [1.82, 2.24) is 10.2 Å². The summed E-state index contributed by atoms with van der Waals surface area (Å²) in [7, 11) is 1.51. The molecule has 2 aliphatic rings. The monoisotopic (exact) mass is 407 g/mol. The molecule has 0 radical (unpaired) electrons. The van der Waals surface area contributed by atoms with Gasteiger partial charge in [0.2, 0.25) is 5.91 Å². The van der Waals surface area contributed by atoms with Crippen LogP contribution in [0, 0.1) is 5.92 Å². The molecule has 8 nitrogen and oxygen atoms in total. The molecular weight excluding hydrogens is 386 g/mol. The summed E-state index contributed by atoms with van der Waals surface area (Å²) < 4.78 is 11.3. The summed E-state index contributed by atoms with van der Waals surface area (Å²) in [6, 6.07) is 10.6. The number of ether oxygens (including phenoxy) is 1. The Morgan fingerprint density at radius 2 is 2.00 bits per heavy atom. The zero-order chi connectivity index (χ0) is 21.0. The first kappa shape index (κ1) is 18.5. The van der Waals surface area contributed by atoms with Gasteiger partial charge in [-0.25, -0.2) is 4.79 Å². The van der Waals surface area contributed by atoms with Crippen molar-refractivity contribution in [2.24, 2.45) is 5.92 Å². The van der Waals surface area contributed by atoms with E-state index in [1.165, 1.54) is 7.11 Å². The molecule has 8 heteroatoms. The minimum absolute atomic E-state index is 0.137. The fourth-order valence-electron chi connectivity index (χ4n) is 4.15. The van der Waals surface area contributed by atoms with E-state index in [4.69, 9.17) is 9.15 Å². The van der Waals surface area contributed by atoms with Gasteiger partial charge >= 0.3 is 6.03 Å². The summed E-state index contributed by atoms with van der Waals surface area (Å²) in [5.41, 5.74) is 0.828. The molecule has 30 heavy (non-hydrogen) atoms. The number of anilines is 1. The molecule has 2 heterocycles. The van der Waals surface area contributed by atoms with Crippen LogP contribution in [0.5, 0.6) is 5.75 Å². The van der Waals surface area contributed by atoms with Crippen molar-refractivity contribution >= 4 is 45.5 Å². The van der Waals surface area contributed by atoms with Crippen molar-refractivity contribution < 1.29 is 23.5 Å². The topological polar surface area (TPSA) is 101 Å². The van der Waals surface area contributed by atoms with E-state index in [1.54, 1.807) is 19.1 Å². The van der Waals surface area contributed by atoms with Crippen LogP contribution in [0.25, 0.3) is 21.9 Å². The number of carbonyl (C=O) groups excluding carboxylic acids is 3. The highest BCUT2D eigenvalue weighted by atomic mass is 16.5. The van der Waals surface area contributed by atoms with Gasteiger partial charge in [-0.2, -0.15) is 0 Å². The van der Waals surface area contributed by atoms with E-state index >= 15 is 0 Å². The Morgan fingerprint density at radius 1 is 1.23 bits per heavy atom. The molecule has 1 aromatic heterocycles. The predicted octanol–water partition coefficient (Wildman–Crippen LogP) is 3.25. The van der Waals surface area contributed by atoms with Crippen LogP contribution >= 0.6 is 0 Å². The molecule has 154 valence electrons. The van der Waals surface area contributed by atoms with Gasteiger partial charge in [0.25, 0.3) is 5.91 Å².